The minimum Gasteiger partial charge on any atom is -0.464 e. The number of β-amino-alcohol motifs (C(OH)–C–C–N with tert-alkyl or cyclic N) is 1. The Balaban J connectivity index is 1.39. The zero-order valence-electron chi connectivity index (χ0n) is 16.5. The van der Waals surface area contributed by atoms with Gasteiger partial charge < -0.3 is 9.52 Å². The molecule has 0 saturated carbocycles. The van der Waals surface area contributed by atoms with Crippen LogP contribution in [0.2, 0.25) is 0 Å². The number of piperazine rings is 1. The van der Waals surface area contributed by atoms with Crippen LogP contribution in [0.25, 0.3) is 0 Å². The van der Waals surface area contributed by atoms with Crippen molar-refractivity contribution in [3.05, 3.63) is 59.5 Å². The van der Waals surface area contributed by atoms with Crippen molar-refractivity contribution >= 4 is 11.8 Å². The Morgan fingerprint density at radius 2 is 1.86 bits per heavy atom. The first kappa shape index (κ1) is 18.5. The SMILES string of the molecule is Cc1ccc(CN2C(=O)C3CC(O)CN3C3(CN(Cc4ccccc4)C3)C2=O)o1. The fraction of sp³-hybridized carbons (Fsp3) is 0.455. The van der Waals surface area contributed by atoms with E-state index in [0.717, 1.165) is 12.3 Å². The predicted octanol–water partition coefficient (Wildman–Crippen LogP) is 1.15. The summed E-state index contributed by atoms with van der Waals surface area (Å²) in [5, 5.41) is 10.2. The molecule has 1 aromatic carbocycles. The Kier molecular flexibility index (Phi) is 4.34. The number of aliphatic hydroxyl groups excluding tert-OH is 1. The van der Waals surface area contributed by atoms with Gasteiger partial charge >= 0.3 is 0 Å². The molecule has 1 aromatic heterocycles. The van der Waals surface area contributed by atoms with E-state index in [1.165, 1.54) is 10.5 Å². The van der Waals surface area contributed by atoms with Crippen LogP contribution in [0, 0.1) is 6.92 Å². The Bertz CT molecular complexity index is 935. The van der Waals surface area contributed by atoms with Gasteiger partial charge in [-0.15, -0.1) is 0 Å². The lowest BCUT2D eigenvalue weighted by atomic mass is 9.82. The summed E-state index contributed by atoms with van der Waals surface area (Å²) in [5.41, 5.74) is 0.453. The number of imide groups is 1. The number of amides is 2. The van der Waals surface area contributed by atoms with Crippen molar-refractivity contribution in [3.8, 4) is 0 Å². The zero-order valence-corrected chi connectivity index (χ0v) is 16.5. The maximum Gasteiger partial charge on any atom is 0.252 e. The summed E-state index contributed by atoms with van der Waals surface area (Å²) in [6, 6.07) is 13.3. The van der Waals surface area contributed by atoms with E-state index in [9.17, 15) is 14.7 Å². The highest BCUT2D eigenvalue weighted by molar-refractivity contribution is 6.06. The van der Waals surface area contributed by atoms with Crippen LogP contribution in [0.3, 0.4) is 0 Å². The molecule has 0 radical (unpaired) electrons. The van der Waals surface area contributed by atoms with Crippen LogP contribution in [-0.2, 0) is 22.7 Å². The number of hydrogen-bond acceptors (Lipinski definition) is 6. The van der Waals surface area contributed by atoms with Crippen LogP contribution >= 0.6 is 0 Å². The van der Waals surface area contributed by atoms with Gasteiger partial charge in [-0.2, -0.15) is 0 Å². The molecule has 7 nitrogen and oxygen atoms in total. The molecule has 2 unspecified atom stereocenters. The number of fused-ring (bicyclic) bond motifs is 2. The number of benzene rings is 1. The first-order valence-corrected chi connectivity index (χ1v) is 10.1. The lowest BCUT2D eigenvalue weighted by molar-refractivity contribution is -0.181. The number of hydrogen-bond donors (Lipinski definition) is 1. The molecule has 3 aliphatic rings. The fourth-order valence-corrected chi connectivity index (χ4v) is 5.01. The average Bonchev–Trinajstić information content (AvgIpc) is 3.27. The molecule has 1 N–H and O–H groups in total. The van der Waals surface area contributed by atoms with Gasteiger partial charge in [-0.3, -0.25) is 24.3 Å². The second-order valence-corrected chi connectivity index (χ2v) is 8.46. The van der Waals surface area contributed by atoms with Gasteiger partial charge in [-0.25, -0.2) is 0 Å². The second kappa shape index (κ2) is 6.79. The third-order valence-corrected chi connectivity index (χ3v) is 6.35. The molecule has 4 heterocycles. The Labute approximate surface area is 169 Å². The summed E-state index contributed by atoms with van der Waals surface area (Å²) in [5.74, 6) is 0.952. The quantitative estimate of drug-likeness (QED) is 0.783. The minimum absolute atomic E-state index is 0.145. The number of furan rings is 1. The predicted molar refractivity (Wildman–Crippen MR) is 105 cm³/mol. The Morgan fingerprint density at radius 3 is 2.55 bits per heavy atom. The summed E-state index contributed by atoms with van der Waals surface area (Å²) in [4.78, 5) is 32.1. The molecule has 2 atom stereocenters. The van der Waals surface area contributed by atoms with Gasteiger partial charge in [0.15, 0.2) is 0 Å². The van der Waals surface area contributed by atoms with Crippen molar-refractivity contribution in [1.82, 2.24) is 14.7 Å². The first-order chi connectivity index (χ1) is 14.0. The standard InChI is InChI=1S/C22H25N3O4/c1-15-7-8-18(29-15)12-24-20(27)19-9-17(26)11-25(19)22(21(24)28)13-23(14-22)10-16-5-3-2-4-6-16/h2-8,17,19,26H,9-14H2,1H3. The van der Waals surface area contributed by atoms with Crippen molar-refractivity contribution < 1.29 is 19.1 Å². The smallest absolute Gasteiger partial charge is 0.252 e. The van der Waals surface area contributed by atoms with Crippen molar-refractivity contribution in [3.63, 3.8) is 0 Å². The van der Waals surface area contributed by atoms with Gasteiger partial charge in [-0.1, -0.05) is 30.3 Å². The lowest BCUT2D eigenvalue weighted by Gasteiger charge is -2.58. The normalized spacial score (nSPS) is 26.8. The van der Waals surface area contributed by atoms with Crippen LogP contribution in [0.1, 0.15) is 23.5 Å². The van der Waals surface area contributed by atoms with Gasteiger partial charge in [0.1, 0.15) is 17.1 Å². The molecule has 7 heteroatoms. The van der Waals surface area contributed by atoms with E-state index in [4.69, 9.17) is 4.42 Å². The van der Waals surface area contributed by atoms with Gasteiger partial charge in [0.05, 0.1) is 18.7 Å². The van der Waals surface area contributed by atoms with Gasteiger partial charge in [0.2, 0.25) is 5.91 Å². The number of likely N-dealkylation sites (tertiary alicyclic amines) is 1. The first-order valence-electron chi connectivity index (χ1n) is 10.1. The molecule has 3 aliphatic heterocycles. The van der Waals surface area contributed by atoms with E-state index in [0.29, 0.717) is 31.8 Å². The monoisotopic (exact) mass is 395 g/mol. The maximum atomic E-state index is 13.5. The molecule has 2 amide bonds. The van der Waals surface area contributed by atoms with Gasteiger partial charge in [0, 0.05) is 26.2 Å². The van der Waals surface area contributed by atoms with E-state index in [2.05, 4.69) is 17.0 Å². The maximum absolute atomic E-state index is 13.5. The molecule has 0 aliphatic carbocycles. The minimum atomic E-state index is -0.744. The molecular formula is C22H25N3O4. The molecular weight excluding hydrogens is 370 g/mol. The van der Waals surface area contributed by atoms with Gasteiger partial charge in [-0.05, 0) is 31.0 Å². The van der Waals surface area contributed by atoms with Crippen LogP contribution in [-0.4, -0.2) is 68.9 Å². The van der Waals surface area contributed by atoms with E-state index < -0.39 is 17.7 Å². The Morgan fingerprint density at radius 1 is 1.10 bits per heavy atom. The van der Waals surface area contributed by atoms with Crippen LogP contribution in [0.4, 0.5) is 0 Å². The molecule has 1 spiro atoms. The summed E-state index contributed by atoms with van der Waals surface area (Å²) in [7, 11) is 0. The molecule has 5 rings (SSSR count). The molecule has 152 valence electrons. The fourth-order valence-electron chi connectivity index (χ4n) is 5.01. The second-order valence-electron chi connectivity index (χ2n) is 8.46. The van der Waals surface area contributed by atoms with E-state index >= 15 is 0 Å². The number of carbonyl (C=O) groups excluding carboxylic acids is 2. The number of carbonyl (C=O) groups is 2. The van der Waals surface area contributed by atoms with Crippen molar-refractivity contribution in [1.29, 1.82) is 0 Å². The number of rotatable bonds is 4. The molecule has 29 heavy (non-hydrogen) atoms. The van der Waals surface area contributed by atoms with Crippen LogP contribution < -0.4 is 0 Å². The summed E-state index contributed by atoms with van der Waals surface area (Å²) >= 11 is 0. The van der Waals surface area contributed by atoms with E-state index in [1.54, 1.807) is 6.07 Å². The highest BCUT2D eigenvalue weighted by atomic mass is 16.3. The van der Waals surface area contributed by atoms with Crippen LogP contribution in [0.5, 0.6) is 0 Å². The highest BCUT2D eigenvalue weighted by Gasteiger charge is 2.64. The Hall–Kier alpha value is -2.48. The summed E-state index contributed by atoms with van der Waals surface area (Å²) < 4.78 is 5.62. The summed E-state index contributed by atoms with van der Waals surface area (Å²) in [6.45, 7) is 4.24. The average molecular weight is 395 g/mol. The largest absolute Gasteiger partial charge is 0.464 e. The van der Waals surface area contributed by atoms with Gasteiger partial charge in [0.25, 0.3) is 5.91 Å². The molecule has 3 saturated heterocycles. The molecule has 3 fully saturated rings. The van der Waals surface area contributed by atoms with Crippen LogP contribution in [0.15, 0.2) is 46.9 Å². The lowest BCUT2D eigenvalue weighted by Crippen LogP contribution is -2.81. The molecule has 2 aromatic rings. The van der Waals surface area contributed by atoms with Crippen molar-refractivity contribution in [2.24, 2.45) is 0 Å². The number of nitrogens with zero attached hydrogens (tertiary/aromatic N) is 3. The highest BCUT2D eigenvalue weighted by Crippen LogP contribution is 2.41. The van der Waals surface area contributed by atoms with E-state index in [1.807, 2.05) is 36.1 Å². The summed E-state index contributed by atoms with van der Waals surface area (Å²) in [6.07, 6.45) is -0.206. The number of aryl methyl sites for hydroxylation is 1. The molecule has 0 bridgehead atoms. The van der Waals surface area contributed by atoms with E-state index in [-0.39, 0.29) is 18.4 Å². The topological polar surface area (TPSA) is 77.2 Å². The third-order valence-electron chi connectivity index (χ3n) is 6.35. The third kappa shape index (κ3) is 3.01. The van der Waals surface area contributed by atoms with Crippen molar-refractivity contribution in [2.45, 2.75) is 44.1 Å². The van der Waals surface area contributed by atoms with Crippen molar-refractivity contribution in [2.75, 3.05) is 19.6 Å². The number of aliphatic hydroxyl groups is 1. The zero-order chi connectivity index (χ0) is 20.2.